The van der Waals surface area contributed by atoms with Gasteiger partial charge in [0.2, 0.25) is 0 Å². The standard InChI is InChI=1S/C17H12ClNO/c1-11-2-3-14-8-13(5-7-17(14)19-11)12-4-6-16(18)15(9-12)10-20/h2-10H,1H3. The van der Waals surface area contributed by atoms with Gasteiger partial charge in [-0.1, -0.05) is 29.8 Å². The average Bonchev–Trinajstić information content (AvgIpc) is 2.47. The average molecular weight is 282 g/mol. The summed E-state index contributed by atoms with van der Waals surface area (Å²) < 4.78 is 0. The summed E-state index contributed by atoms with van der Waals surface area (Å²) in [6.45, 7) is 1.98. The minimum atomic E-state index is 0.474. The number of benzene rings is 2. The van der Waals surface area contributed by atoms with Gasteiger partial charge in [0.15, 0.2) is 6.29 Å². The van der Waals surface area contributed by atoms with Gasteiger partial charge in [-0.05, 0) is 48.4 Å². The van der Waals surface area contributed by atoms with Gasteiger partial charge in [-0.2, -0.15) is 0 Å². The first-order valence-electron chi connectivity index (χ1n) is 6.30. The molecule has 0 atom stereocenters. The van der Waals surface area contributed by atoms with Crippen LogP contribution in [0.4, 0.5) is 0 Å². The minimum absolute atomic E-state index is 0.474. The van der Waals surface area contributed by atoms with Crippen LogP contribution in [0.1, 0.15) is 16.1 Å². The predicted molar refractivity (Wildman–Crippen MR) is 82.3 cm³/mol. The molecule has 0 amide bonds. The smallest absolute Gasteiger partial charge is 0.151 e. The second-order valence-electron chi connectivity index (χ2n) is 4.71. The number of aldehydes is 1. The highest BCUT2D eigenvalue weighted by Gasteiger charge is 2.04. The van der Waals surface area contributed by atoms with Crippen LogP contribution in [0.2, 0.25) is 5.02 Å². The zero-order valence-corrected chi connectivity index (χ0v) is 11.7. The lowest BCUT2D eigenvalue weighted by Gasteiger charge is -2.06. The number of aryl methyl sites for hydroxylation is 1. The molecule has 3 rings (SSSR count). The molecule has 1 aromatic heterocycles. The van der Waals surface area contributed by atoms with Gasteiger partial charge in [0.05, 0.1) is 10.5 Å². The van der Waals surface area contributed by atoms with Crippen molar-refractivity contribution < 1.29 is 4.79 Å². The van der Waals surface area contributed by atoms with Crippen LogP contribution >= 0.6 is 11.6 Å². The molecule has 0 bridgehead atoms. The molecule has 98 valence electrons. The van der Waals surface area contributed by atoms with Crippen molar-refractivity contribution in [3.8, 4) is 11.1 Å². The summed E-state index contributed by atoms with van der Waals surface area (Å²) in [5.41, 5.74) is 4.49. The normalized spacial score (nSPS) is 10.7. The molecule has 0 aliphatic rings. The van der Waals surface area contributed by atoms with Crippen LogP contribution in [0.25, 0.3) is 22.0 Å². The molecule has 0 saturated heterocycles. The molecule has 0 aliphatic heterocycles. The Morgan fingerprint density at radius 2 is 1.75 bits per heavy atom. The highest BCUT2D eigenvalue weighted by atomic mass is 35.5. The largest absolute Gasteiger partial charge is 0.298 e. The van der Waals surface area contributed by atoms with Crippen molar-refractivity contribution in [2.75, 3.05) is 0 Å². The van der Waals surface area contributed by atoms with E-state index in [0.29, 0.717) is 10.6 Å². The molecule has 0 N–H and O–H groups in total. The number of hydrogen-bond donors (Lipinski definition) is 0. The van der Waals surface area contributed by atoms with Gasteiger partial charge < -0.3 is 0 Å². The van der Waals surface area contributed by atoms with Crippen LogP contribution in [0.5, 0.6) is 0 Å². The maximum absolute atomic E-state index is 11.0. The van der Waals surface area contributed by atoms with E-state index in [-0.39, 0.29) is 0 Å². The van der Waals surface area contributed by atoms with E-state index in [9.17, 15) is 4.79 Å². The van der Waals surface area contributed by atoms with Crippen LogP contribution in [0.15, 0.2) is 48.5 Å². The lowest BCUT2D eigenvalue weighted by atomic mass is 10.0. The molecule has 20 heavy (non-hydrogen) atoms. The van der Waals surface area contributed by atoms with E-state index in [2.05, 4.69) is 17.1 Å². The maximum Gasteiger partial charge on any atom is 0.151 e. The van der Waals surface area contributed by atoms with Gasteiger partial charge in [0.1, 0.15) is 0 Å². The van der Waals surface area contributed by atoms with Crippen molar-refractivity contribution in [3.05, 3.63) is 64.8 Å². The van der Waals surface area contributed by atoms with Crippen molar-refractivity contribution in [2.24, 2.45) is 0 Å². The van der Waals surface area contributed by atoms with Crippen LogP contribution in [-0.2, 0) is 0 Å². The highest BCUT2D eigenvalue weighted by Crippen LogP contribution is 2.27. The van der Waals surface area contributed by atoms with E-state index < -0.39 is 0 Å². The monoisotopic (exact) mass is 281 g/mol. The van der Waals surface area contributed by atoms with Crippen LogP contribution in [0, 0.1) is 6.92 Å². The van der Waals surface area contributed by atoms with Crippen molar-refractivity contribution in [2.45, 2.75) is 6.92 Å². The van der Waals surface area contributed by atoms with Crippen molar-refractivity contribution >= 4 is 28.8 Å². The molecule has 0 saturated carbocycles. The summed E-state index contributed by atoms with van der Waals surface area (Å²) in [5, 5.41) is 1.55. The second kappa shape index (κ2) is 5.06. The number of nitrogens with zero attached hydrogens (tertiary/aromatic N) is 1. The van der Waals surface area contributed by atoms with Crippen molar-refractivity contribution in [1.82, 2.24) is 4.98 Å². The Balaban J connectivity index is 2.14. The molecular formula is C17H12ClNO. The first kappa shape index (κ1) is 12.8. The summed E-state index contributed by atoms with van der Waals surface area (Å²) >= 11 is 5.96. The zero-order valence-electron chi connectivity index (χ0n) is 10.9. The van der Waals surface area contributed by atoms with Gasteiger partial charge in [0, 0.05) is 16.6 Å². The zero-order chi connectivity index (χ0) is 14.1. The summed E-state index contributed by atoms with van der Waals surface area (Å²) in [6, 6.07) is 15.6. The van der Waals surface area contributed by atoms with E-state index in [1.807, 2.05) is 31.2 Å². The van der Waals surface area contributed by atoms with Gasteiger partial charge in [0.25, 0.3) is 0 Å². The molecule has 3 heteroatoms. The third-order valence-electron chi connectivity index (χ3n) is 3.28. The Labute approximate surface area is 122 Å². The summed E-state index contributed by atoms with van der Waals surface area (Å²) in [6.07, 6.45) is 0.776. The first-order chi connectivity index (χ1) is 9.67. The lowest BCUT2D eigenvalue weighted by molar-refractivity contribution is 0.112. The SMILES string of the molecule is Cc1ccc2cc(-c3ccc(Cl)c(C=O)c3)ccc2n1. The van der Waals surface area contributed by atoms with E-state index in [1.165, 1.54) is 0 Å². The molecule has 0 unspecified atom stereocenters. The van der Waals surface area contributed by atoms with Crippen molar-refractivity contribution in [3.63, 3.8) is 0 Å². The van der Waals surface area contributed by atoms with Gasteiger partial charge in [-0.3, -0.25) is 9.78 Å². The number of pyridine rings is 1. The van der Waals surface area contributed by atoms with Crippen LogP contribution in [0.3, 0.4) is 0 Å². The van der Waals surface area contributed by atoms with Gasteiger partial charge in [-0.15, -0.1) is 0 Å². The maximum atomic E-state index is 11.0. The Hall–Kier alpha value is -2.19. The highest BCUT2D eigenvalue weighted by molar-refractivity contribution is 6.33. The van der Waals surface area contributed by atoms with Gasteiger partial charge in [-0.25, -0.2) is 0 Å². The Bertz CT molecular complexity index is 811. The Morgan fingerprint density at radius 3 is 2.55 bits per heavy atom. The number of carbonyl (C=O) groups excluding carboxylic acids is 1. The van der Waals surface area contributed by atoms with E-state index in [1.54, 1.807) is 12.1 Å². The first-order valence-corrected chi connectivity index (χ1v) is 6.68. The molecule has 3 aromatic rings. The minimum Gasteiger partial charge on any atom is -0.298 e. The quantitative estimate of drug-likeness (QED) is 0.639. The third-order valence-corrected chi connectivity index (χ3v) is 3.63. The Morgan fingerprint density at radius 1 is 1.00 bits per heavy atom. The summed E-state index contributed by atoms with van der Waals surface area (Å²) in [7, 11) is 0. The number of fused-ring (bicyclic) bond motifs is 1. The topological polar surface area (TPSA) is 30.0 Å². The summed E-state index contributed by atoms with van der Waals surface area (Å²) in [4.78, 5) is 15.4. The number of aromatic nitrogens is 1. The number of rotatable bonds is 2. The molecule has 2 aromatic carbocycles. The molecule has 0 radical (unpaired) electrons. The molecule has 2 nitrogen and oxygen atoms in total. The van der Waals surface area contributed by atoms with Gasteiger partial charge >= 0.3 is 0 Å². The van der Waals surface area contributed by atoms with Crippen molar-refractivity contribution in [1.29, 1.82) is 0 Å². The molecule has 0 aliphatic carbocycles. The third kappa shape index (κ3) is 2.30. The molecule has 0 spiro atoms. The fraction of sp³-hybridized carbons (Fsp3) is 0.0588. The second-order valence-corrected chi connectivity index (χ2v) is 5.12. The van der Waals surface area contributed by atoms with E-state index in [0.717, 1.165) is 34.0 Å². The molecule has 1 heterocycles. The predicted octanol–water partition coefficient (Wildman–Crippen LogP) is 4.68. The fourth-order valence-electron chi connectivity index (χ4n) is 2.22. The van der Waals surface area contributed by atoms with Crippen LogP contribution < -0.4 is 0 Å². The van der Waals surface area contributed by atoms with Crippen LogP contribution in [-0.4, -0.2) is 11.3 Å². The lowest BCUT2D eigenvalue weighted by Crippen LogP contribution is -1.87. The number of carbonyl (C=O) groups is 1. The molecular weight excluding hydrogens is 270 g/mol. The Kier molecular flexibility index (Phi) is 3.25. The number of halogens is 1. The molecule has 0 fully saturated rings. The fourth-order valence-corrected chi connectivity index (χ4v) is 2.38. The number of hydrogen-bond acceptors (Lipinski definition) is 2. The summed E-state index contributed by atoms with van der Waals surface area (Å²) in [5.74, 6) is 0. The van der Waals surface area contributed by atoms with E-state index in [4.69, 9.17) is 11.6 Å². The van der Waals surface area contributed by atoms with E-state index >= 15 is 0 Å².